The van der Waals surface area contributed by atoms with Gasteiger partial charge in [-0.05, 0) is 46.0 Å². The van der Waals surface area contributed by atoms with Crippen molar-refractivity contribution in [2.45, 2.75) is 45.6 Å². The van der Waals surface area contributed by atoms with Crippen molar-refractivity contribution >= 4 is 21.5 Å². The summed E-state index contributed by atoms with van der Waals surface area (Å²) in [6.45, 7) is 2.99. The fraction of sp³-hybridized carbons (Fsp3) is 0.304. The van der Waals surface area contributed by atoms with Crippen LogP contribution in [0.5, 0.6) is 0 Å². The number of aryl methyl sites for hydroxylation is 1. The van der Waals surface area contributed by atoms with Crippen LogP contribution in [-0.4, -0.2) is 15.0 Å². The van der Waals surface area contributed by atoms with Gasteiger partial charge < -0.3 is 0 Å². The molecule has 4 aromatic rings. The molecular weight excluding hydrogens is 318 g/mol. The van der Waals surface area contributed by atoms with Crippen molar-refractivity contribution in [1.29, 1.82) is 0 Å². The predicted octanol–water partition coefficient (Wildman–Crippen LogP) is 5.76. The SMILES string of the molecule is CCCCCCc1cn(Cc2c3ccccc3cc3ccccc23)nn1. The van der Waals surface area contributed by atoms with Crippen molar-refractivity contribution in [2.75, 3.05) is 0 Å². The van der Waals surface area contributed by atoms with Crippen LogP contribution in [0.3, 0.4) is 0 Å². The van der Waals surface area contributed by atoms with Crippen molar-refractivity contribution in [1.82, 2.24) is 15.0 Å². The van der Waals surface area contributed by atoms with E-state index < -0.39 is 0 Å². The monoisotopic (exact) mass is 343 g/mol. The Labute approximate surface area is 154 Å². The number of hydrogen-bond donors (Lipinski definition) is 0. The third-order valence-electron chi connectivity index (χ3n) is 5.08. The molecule has 26 heavy (non-hydrogen) atoms. The van der Waals surface area contributed by atoms with Gasteiger partial charge in [0.25, 0.3) is 0 Å². The molecule has 1 aromatic heterocycles. The van der Waals surface area contributed by atoms with Gasteiger partial charge in [0.1, 0.15) is 0 Å². The summed E-state index contributed by atoms with van der Waals surface area (Å²) in [6, 6.07) is 19.5. The van der Waals surface area contributed by atoms with Gasteiger partial charge >= 0.3 is 0 Å². The summed E-state index contributed by atoms with van der Waals surface area (Å²) in [6.07, 6.45) is 8.18. The zero-order valence-electron chi connectivity index (χ0n) is 15.4. The van der Waals surface area contributed by atoms with Crippen molar-refractivity contribution in [3.8, 4) is 0 Å². The predicted molar refractivity (Wildman–Crippen MR) is 108 cm³/mol. The lowest BCUT2D eigenvalue weighted by molar-refractivity contribution is 0.649. The van der Waals surface area contributed by atoms with Gasteiger partial charge in [0.05, 0.1) is 12.2 Å². The highest BCUT2D eigenvalue weighted by molar-refractivity contribution is 6.02. The quantitative estimate of drug-likeness (QED) is 0.316. The van der Waals surface area contributed by atoms with Gasteiger partial charge in [-0.3, -0.25) is 0 Å². The van der Waals surface area contributed by atoms with Crippen LogP contribution in [0.1, 0.15) is 43.9 Å². The Bertz CT molecular complexity index is 962. The summed E-state index contributed by atoms with van der Waals surface area (Å²) < 4.78 is 1.99. The maximum absolute atomic E-state index is 4.39. The van der Waals surface area contributed by atoms with Gasteiger partial charge in [0, 0.05) is 6.20 Å². The van der Waals surface area contributed by atoms with E-state index in [2.05, 4.69) is 78.0 Å². The van der Waals surface area contributed by atoms with E-state index in [0.717, 1.165) is 18.7 Å². The van der Waals surface area contributed by atoms with Gasteiger partial charge in [-0.1, -0.05) is 79.9 Å². The maximum Gasteiger partial charge on any atom is 0.0827 e. The van der Waals surface area contributed by atoms with E-state index in [4.69, 9.17) is 0 Å². The fourth-order valence-corrected chi connectivity index (χ4v) is 3.70. The van der Waals surface area contributed by atoms with E-state index in [-0.39, 0.29) is 0 Å². The summed E-state index contributed by atoms with van der Waals surface area (Å²) in [5, 5.41) is 13.9. The Kier molecular flexibility index (Phi) is 4.96. The average Bonchev–Trinajstić information content (AvgIpc) is 3.12. The lowest BCUT2D eigenvalue weighted by Gasteiger charge is -2.11. The Balaban J connectivity index is 1.65. The molecule has 4 rings (SSSR count). The molecule has 0 atom stereocenters. The van der Waals surface area contributed by atoms with Crippen LogP contribution in [-0.2, 0) is 13.0 Å². The van der Waals surface area contributed by atoms with Gasteiger partial charge in [0.2, 0.25) is 0 Å². The largest absolute Gasteiger partial charge is 0.248 e. The molecule has 1 heterocycles. The molecule has 0 aliphatic rings. The van der Waals surface area contributed by atoms with Crippen LogP contribution in [0.25, 0.3) is 21.5 Å². The third-order valence-corrected chi connectivity index (χ3v) is 5.08. The second kappa shape index (κ2) is 7.69. The Morgan fingerprint density at radius 2 is 1.54 bits per heavy atom. The number of aromatic nitrogens is 3. The minimum atomic E-state index is 0.754. The van der Waals surface area contributed by atoms with Crippen molar-refractivity contribution < 1.29 is 0 Å². The van der Waals surface area contributed by atoms with Crippen LogP contribution in [0.4, 0.5) is 0 Å². The highest BCUT2D eigenvalue weighted by Crippen LogP contribution is 2.29. The first kappa shape index (κ1) is 16.8. The molecule has 3 aromatic carbocycles. The molecule has 132 valence electrons. The van der Waals surface area contributed by atoms with E-state index in [0.29, 0.717) is 0 Å². The number of nitrogens with zero attached hydrogens (tertiary/aromatic N) is 3. The molecule has 0 aliphatic carbocycles. The van der Waals surface area contributed by atoms with E-state index in [1.165, 1.54) is 52.8 Å². The standard InChI is InChI=1S/C23H25N3/c1-2-3-4-5-12-20-16-26(25-24-20)17-23-21-13-8-6-10-18(21)15-19-11-7-9-14-22(19)23/h6-11,13-16H,2-5,12,17H2,1H3. The Morgan fingerprint density at radius 3 is 2.23 bits per heavy atom. The molecule has 0 fully saturated rings. The lowest BCUT2D eigenvalue weighted by Crippen LogP contribution is -2.02. The van der Waals surface area contributed by atoms with Crippen molar-refractivity contribution in [3.63, 3.8) is 0 Å². The molecule has 0 saturated heterocycles. The average molecular weight is 343 g/mol. The molecule has 0 amide bonds. The van der Waals surface area contributed by atoms with Gasteiger partial charge in [-0.25, -0.2) is 4.68 Å². The molecular formula is C23H25N3. The van der Waals surface area contributed by atoms with E-state index in [9.17, 15) is 0 Å². The van der Waals surface area contributed by atoms with E-state index in [1.54, 1.807) is 0 Å². The van der Waals surface area contributed by atoms with Crippen LogP contribution in [0, 0.1) is 0 Å². The van der Waals surface area contributed by atoms with Crippen LogP contribution < -0.4 is 0 Å². The molecule has 0 N–H and O–H groups in total. The molecule has 3 nitrogen and oxygen atoms in total. The first-order chi connectivity index (χ1) is 12.8. The summed E-state index contributed by atoms with van der Waals surface area (Å²) in [5.74, 6) is 0. The topological polar surface area (TPSA) is 30.7 Å². The minimum absolute atomic E-state index is 0.754. The van der Waals surface area contributed by atoms with Crippen molar-refractivity contribution in [2.24, 2.45) is 0 Å². The summed E-state index contributed by atoms with van der Waals surface area (Å²) in [7, 11) is 0. The zero-order chi connectivity index (χ0) is 17.8. The molecule has 0 aliphatic heterocycles. The zero-order valence-corrected chi connectivity index (χ0v) is 15.4. The first-order valence-corrected chi connectivity index (χ1v) is 9.63. The fourth-order valence-electron chi connectivity index (χ4n) is 3.70. The van der Waals surface area contributed by atoms with Crippen LogP contribution >= 0.6 is 0 Å². The number of hydrogen-bond acceptors (Lipinski definition) is 2. The van der Waals surface area contributed by atoms with Gasteiger partial charge in [-0.2, -0.15) is 0 Å². The molecule has 3 heteroatoms. The normalized spacial score (nSPS) is 11.4. The molecule has 0 saturated carbocycles. The maximum atomic E-state index is 4.39. The van der Waals surface area contributed by atoms with E-state index in [1.807, 2.05) is 4.68 Å². The third kappa shape index (κ3) is 3.48. The van der Waals surface area contributed by atoms with Crippen molar-refractivity contribution in [3.05, 3.63) is 72.1 Å². The Hall–Kier alpha value is -2.68. The number of unbranched alkanes of at least 4 members (excludes halogenated alkanes) is 3. The van der Waals surface area contributed by atoms with Crippen LogP contribution in [0.2, 0.25) is 0 Å². The second-order valence-electron chi connectivity index (χ2n) is 7.02. The molecule has 0 bridgehead atoms. The highest BCUT2D eigenvalue weighted by atomic mass is 15.4. The smallest absolute Gasteiger partial charge is 0.0827 e. The lowest BCUT2D eigenvalue weighted by atomic mass is 9.97. The summed E-state index contributed by atoms with van der Waals surface area (Å²) in [4.78, 5) is 0. The second-order valence-corrected chi connectivity index (χ2v) is 7.02. The van der Waals surface area contributed by atoms with Gasteiger partial charge in [-0.15, -0.1) is 5.10 Å². The number of rotatable bonds is 7. The van der Waals surface area contributed by atoms with E-state index >= 15 is 0 Å². The first-order valence-electron chi connectivity index (χ1n) is 9.63. The molecule has 0 spiro atoms. The Morgan fingerprint density at radius 1 is 0.846 bits per heavy atom. The number of benzene rings is 3. The van der Waals surface area contributed by atoms with Crippen LogP contribution in [0.15, 0.2) is 60.8 Å². The van der Waals surface area contributed by atoms with Gasteiger partial charge in [0.15, 0.2) is 0 Å². The summed E-state index contributed by atoms with van der Waals surface area (Å²) >= 11 is 0. The number of fused-ring (bicyclic) bond motifs is 2. The summed E-state index contributed by atoms with van der Waals surface area (Å²) in [5.41, 5.74) is 2.42. The minimum Gasteiger partial charge on any atom is -0.248 e. The highest BCUT2D eigenvalue weighted by Gasteiger charge is 2.09. The molecule has 0 unspecified atom stereocenters. The molecule has 0 radical (unpaired) electrons.